The molecule has 0 unspecified atom stereocenters. The van der Waals surface area contributed by atoms with Crippen LogP contribution in [0.1, 0.15) is 17.3 Å². The van der Waals surface area contributed by atoms with Gasteiger partial charge in [-0.15, -0.1) is 5.10 Å². The van der Waals surface area contributed by atoms with E-state index >= 15 is 0 Å². The summed E-state index contributed by atoms with van der Waals surface area (Å²) in [6, 6.07) is 22.2. The third-order valence-electron chi connectivity index (χ3n) is 4.17. The maximum atomic E-state index is 12.5. The lowest BCUT2D eigenvalue weighted by Gasteiger charge is -2.08. The zero-order valence-corrected chi connectivity index (χ0v) is 14.8. The van der Waals surface area contributed by atoms with Crippen LogP contribution in [-0.2, 0) is 6.54 Å². The van der Waals surface area contributed by atoms with Gasteiger partial charge in [0.15, 0.2) is 0 Å². The van der Waals surface area contributed by atoms with Crippen LogP contribution in [0.15, 0.2) is 72.8 Å². The molecule has 1 aromatic heterocycles. The summed E-state index contributed by atoms with van der Waals surface area (Å²) >= 11 is 0. The van der Waals surface area contributed by atoms with Crippen molar-refractivity contribution in [1.29, 1.82) is 0 Å². The van der Waals surface area contributed by atoms with Crippen molar-refractivity contribution in [3.8, 4) is 11.5 Å². The predicted molar refractivity (Wildman–Crippen MR) is 104 cm³/mol. The van der Waals surface area contributed by atoms with E-state index in [1.54, 1.807) is 16.8 Å². The number of nitrogens with zero attached hydrogens (tertiary/aromatic N) is 3. The fourth-order valence-corrected chi connectivity index (χ4v) is 2.78. The zero-order chi connectivity index (χ0) is 18.6. The summed E-state index contributed by atoms with van der Waals surface area (Å²) in [6.45, 7) is 2.74. The Morgan fingerprint density at radius 1 is 1.00 bits per heavy atom. The topological polar surface area (TPSA) is 69.0 Å². The molecule has 0 radical (unpaired) electrons. The van der Waals surface area contributed by atoms with E-state index in [-0.39, 0.29) is 5.91 Å². The minimum atomic E-state index is -0.195. The van der Waals surface area contributed by atoms with Crippen molar-refractivity contribution in [2.45, 2.75) is 13.5 Å². The van der Waals surface area contributed by atoms with Crippen molar-refractivity contribution in [3.05, 3.63) is 78.4 Å². The number of fused-ring (bicyclic) bond motifs is 1. The number of rotatable bonds is 5. The van der Waals surface area contributed by atoms with Gasteiger partial charge < -0.3 is 10.1 Å². The van der Waals surface area contributed by atoms with Crippen LogP contribution in [0.3, 0.4) is 0 Å². The zero-order valence-electron chi connectivity index (χ0n) is 14.8. The Hall–Kier alpha value is -3.67. The second-order valence-electron chi connectivity index (χ2n) is 6.00. The minimum Gasteiger partial charge on any atom is -0.457 e. The monoisotopic (exact) mass is 358 g/mol. The smallest absolute Gasteiger partial charge is 0.255 e. The first-order valence-electron chi connectivity index (χ1n) is 8.70. The molecule has 1 heterocycles. The van der Waals surface area contributed by atoms with E-state index in [1.807, 2.05) is 67.6 Å². The van der Waals surface area contributed by atoms with E-state index in [1.165, 1.54) is 0 Å². The molecule has 4 rings (SSSR count). The van der Waals surface area contributed by atoms with Crippen molar-refractivity contribution in [1.82, 2.24) is 15.0 Å². The van der Waals surface area contributed by atoms with E-state index in [4.69, 9.17) is 4.74 Å². The molecule has 4 aromatic rings. The van der Waals surface area contributed by atoms with Crippen molar-refractivity contribution < 1.29 is 9.53 Å². The second kappa shape index (κ2) is 7.29. The van der Waals surface area contributed by atoms with Crippen LogP contribution < -0.4 is 10.1 Å². The first-order valence-corrected chi connectivity index (χ1v) is 8.70. The van der Waals surface area contributed by atoms with E-state index in [0.29, 0.717) is 22.5 Å². The molecule has 0 saturated carbocycles. The molecule has 1 N–H and O–H groups in total. The number of ether oxygens (including phenoxy) is 1. The van der Waals surface area contributed by atoms with Gasteiger partial charge in [0.2, 0.25) is 0 Å². The normalized spacial score (nSPS) is 10.7. The molecule has 6 nitrogen and oxygen atoms in total. The molecular weight excluding hydrogens is 340 g/mol. The molecule has 6 heteroatoms. The van der Waals surface area contributed by atoms with Gasteiger partial charge in [-0.05, 0) is 61.5 Å². The molecule has 0 atom stereocenters. The number of para-hydroxylation sites is 1. The molecule has 0 spiro atoms. The van der Waals surface area contributed by atoms with Crippen molar-refractivity contribution >= 4 is 22.6 Å². The van der Waals surface area contributed by atoms with E-state index in [9.17, 15) is 4.79 Å². The summed E-state index contributed by atoms with van der Waals surface area (Å²) in [5, 5.41) is 11.1. The third-order valence-corrected chi connectivity index (χ3v) is 4.17. The number of anilines is 1. The van der Waals surface area contributed by atoms with Gasteiger partial charge >= 0.3 is 0 Å². The van der Waals surface area contributed by atoms with Crippen LogP contribution >= 0.6 is 0 Å². The van der Waals surface area contributed by atoms with Crippen LogP contribution in [0.25, 0.3) is 11.0 Å². The standard InChI is InChI=1S/C21H18N4O2/c1-2-25-20-13-8-15(14-19(20)23-24-25)21(26)22-16-9-11-18(12-10-16)27-17-6-4-3-5-7-17/h3-14H,2H2,1H3,(H,22,26). The SMILES string of the molecule is CCn1nnc2cc(C(=O)Nc3ccc(Oc4ccccc4)cc3)ccc21. The van der Waals surface area contributed by atoms with Crippen LogP contribution in [0.5, 0.6) is 11.5 Å². The Bertz CT molecular complexity index is 1070. The number of aromatic nitrogens is 3. The molecule has 0 saturated heterocycles. The lowest BCUT2D eigenvalue weighted by Crippen LogP contribution is -2.11. The van der Waals surface area contributed by atoms with Crippen molar-refractivity contribution in [2.75, 3.05) is 5.32 Å². The van der Waals surface area contributed by atoms with Gasteiger partial charge in [0.1, 0.15) is 17.0 Å². The summed E-state index contributed by atoms with van der Waals surface area (Å²) in [5.74, 6) is 1.28. The highest BCUT2D eigenvalue weighted by Gasteiger charge is 2.10. The molecule has 0 fully saturated rings. The number of hydrogen-bond acceptors (Lipinski definition) is 4. The molecule has 1 amide bonds. The number of carbonyl (C=O) groups is 1. The number of benzene rings is 3. The minimum absolute atomic E-state index is 0.195. The van der Waals surface area contributed by atoms with Crippen LogP contribution in [0, 0.1) is 0 Å². The first kappa shape index (κ1) is 16.8. The van der Waals surface area contributed by atoms with Crippen molar-refractivity contribution in [3.63, 3.8) is 0 Å². The number of hydrogen-bond donors (Lipinski definition) is 1. The molecule has 0 aliphatic rings. The highest BCUT2D eigenvalue weighted by molar-refractivity contribution is 6.05. The van der Waals surface area contributed by atoms with Crippen molar-refractivity contribution in [2.24, 2.45) is 0 Å². The molecule has 0 bridgehead atoms. The average Bonchev–Trinajstić information content (AvgIpc) is 3.12. The lowest BCUT2D eigenvalue weighted by atomic mass is 10.2. The molecule has 0 aliphatic carbocycles. The van der Waals surface area contributed by atoms with E-state index < -0.39 is 0 Å². The molecular formula is C21H18N4O2. The lowest BCUT2D eigenvalue weighted by molar-refractivity contribution is 0.102. The maximum Gasteiger partial charge on any atom is 0.255 e. The van der Waals surface area contributed by atoms with Gasteiger partial charge in [-0.3, -0.25) is 4.79 Å². The molecule has 3 aromatic carbocycles. The Labute approximate surface area is 156 Å². The van der Waals surface area contributed by atoms with Crippen LogP contribution in [-0.4, -0.2) is 20.9 Å². The quantitative estimate of drug-likeness (QED) is 0.570. The second-order valence-corrected chi connectivity index (χ2v) is 6.00. The number of nitrogens with one attached hydrogen (secondary N) is 1. The summed E-state index contributed by atoms with van der Waals surface area (Å²) < 4.78 is 7.55. The highest BCUT2D eigenvalue weighted by atomic mass is 16.5. The fraction of sp³-hybridized carbons (Fsp3) is 0.0952. The third kappa shape index (κ3) is 3.64. The Morgan fingerprint density at radius 3 is 2.48 bits per heavy atom. The first-order chi connectivity index (χ1) is 13.2. The fourth-order valence-electron chi connectivity index (χ4n) is 2.78. The van der Waals surface area contributed by atoms with Gasteiger partial charge in [0, 0.05) is 17.8 Å². The molecule has 134 valence electrons. The highest BCUT2D eigenvalue weighted by Crippen LogP contribution is 2.23. The average molecular weight is 358 g/mol. The van der Waals surface area contributed by atoms with E-state index in [2.05, 4.69) is 15.6 Å². The Kier molecular flexibility index (Phi) is 4.53. The molecule has 27 heavy (non-hydrogen) atoms. The van der Waals surface area contributed by atoms with Gasteiger partial charge in [0.25, 0.3) is 5.91 Å². The predicted octanol–water partition coefficient (Wildman–Crippen LogP) is 4.50. The summed E-state index contributed by atoms with van der Waals surface area (Å²) in [7, 11) is 0. The largest absolute Gasteiger partial charge is 0.457 e. The number of aryl methyl sites for hydroxylation is 1. The van der Waals surface area contributed by atoms with Crippen LogP contribution in [0.2, 0.25) is 0 Å². The van der Waals surface area contributed by atoms with Gasteiger partial charge in [-0.25, -0.2) is 4.68 Å². The summed E-state index contributed by atoms with van der Waals surface area (Å²) in [5.41, 5.74) is 2.85. The number of amides is 1. The summed E-state index contributed by atoms with van der Waals surface area (Å²) in [4.78, 5) is 12.5. The number of carbonyl (C=O) groups excluding carboxylic acids is 1. The Morgan fingerprint density at radius 2 is 1.74 bits per heavy atom. The van der Waals surface area contributed by atoms with Gasteiger partial charge in [0.05, 0.1) is 5.52 Å². The van der Waals surface area contributed by atoms with Gasteiger partial charge in [-0.2, -0.15) is 0 Å². The van der Waals surface area contributed by atoms with E-state index in [0.717, 1.165) is 17.8 Å². The summed E-state index contributed by atoms with van der Waals surface area (Å²) in [6.07, 6.45) is 0. The van der Waals surface area contributed by atoms with Gasteiger partial charge in [-0.1, -0.05) is 23.4 Å². The van der Waals surface area contributed by atoms with Crippen LogP contribution in [0.4, 0.5) is 5.69 Å². The Balaban J connectivity index is 1.46. The maximum absolute atomic E-state index is 12.5. The molecule has 0 aliphatic heterocycles.